The molecule has 0 unspecified atom stereocenters. The highest BCUT2D eigenvalue weighted by atomic mass is 35.5. The van der Waals surface area contributed by atoms with Gasteiger partial charge in [0.2, 0.25) is 0 Å². The molecule has 1 saturated carbocycles. The molecular formula is C24H22Cl2N4O2. The number of anilines is 1. The summed E-state index contributed by atoms with van der Waals surface area (Å²) in [5.41, 5.74) is 10.2. The second-order valence-corrected chi connectivity index (χ2v) is 8.73. The van der Waals surface area contributed by atoms with Crippen LogP contribution in [0, 0.1) is 0 Å². The fourth-order valence-electron chi connectivity index (χ4n) is 4.41. The summed E-state index contributed by atoms with van der Waals surface area (Å²) in [6.07, 6.45) is 6.31. The Balaban J connectivity index is 1.57. The quantitative estimate of drug-likeness (QED) is 0.350. The lowest BCUT2D eigenvalue weighted by Gasteiger charge is -2.12. The minimum atomic E-state index is 0.426. The molecular weight excluding hydrogens is 447 g/mol. The Bertz CT molecular complexity index is 1300. The minimum absolute atomic E-state index is 0.426. The average molecular weight is 469 g/mol. The van der Waals surface area contributed by atoms with Crippen LogP contribution in [0.5, 0.6) is 17.2 Å². The van der Waals surface area contributed by atoms with Crippen LogP contribution in [0.15, 0.2) is 48.8 Å². The molecule has 1 aliphatic carbocycles. The van der Waals surface area contributed by atoms with Crippen LogP contribution in [-0.2, 0) is 0 Å². The molecule has 0 saturated heterocycles. The Kier molecular flexibility index (Phi) is 5.57. The Morgan fingerprint density at radius 1 is 1.00 bits per heavy atom. The maximum absolute atomic E-state index is 6.28. The highest BCUT2D eigenvalue weighted by Crippen LogP contribution is 2.42. The van der Waals surface area contributed by atoms with Gasteiger partial charge in [-0.2, -0.15) is 5.10 Å². The van der Waals surface area contributed by atoms with Crippen LogP contribution in [-0.4, -0.2) is 21.7 Å². The summed E-state index contributed by atoms with van der Waals surface area (Å²) in [6.45, 7) is 0. The molecule has 0 bridgehead atoms. The number of hydrogen-bond acceptors (Lipinski definition) is 5. The van der Waals surface area contributed by atoms with Crippen molar-refractivity contribution in [3.63, 3.8) is 0 Å². The summed E-state index contributed by atoms with van der Waals surface area (Å²) in [4.78, 5) is 4.23. The first kappa shape index (κ1) is 20.9. The molecule has 8 heteroatoms. The van der Waals surface area contributed by atoms with E-state index in [1.807, 2.05) is 22.7 Å². The zero-order valence-corrected chi connectivity index (χ0v) is 19.0. The van der Waals surface area contributed by atoms with Gasteiger partial charge in [0, 0.05) is 23.2 Å². The van der Waals surface area contributed by atoms with E-state index in [2.05, 4.69) is 16.1 Å². The van der Waals surface area contributed by atoms with Crippen molar-refractivity contribution in [2.75, 3.05) is 12.8 Å². The maximum atomic E-state index is 6.28. The zero-order chi connectivity index (χ0) is 22.2. The van der Waals surface area contributed by atoms with E-state index in [0.717, 1.165) is 29.5 Å². The standard InChI is InChI=1S/C24H22Cl2N4O2/c1-31-22-10-15(6-9-21(22)32-16-7-8-18(25)19(26)11-16)17-12-20(14-4-2-3-5-14)30-23(17)24(27)28-13-29-30/h6-14H,2-5H2,1H3,(H2,27,28,29). The van der Waals surface area contributed by atoms with Crippen molar-refractivity contribution < 1.29 is 9.47 Å². The Hall–Kier alpha value is -2.96. The van der Waals surface area contributed by atoms with Crippen molar-refractivity contribution in [3.05, 3.63) is 64.5 Å². The van der Waals surface area contributed by atoms with E-state index < -0.39 is 0 Å². The van der Waals surface area contributed by atoms with Crippen molar-refractivity contribution in [2.24, 2.45) is 0 Å². The minimum Gasteiger partial charge on any atom is -0.493 e. The normalized spacial score (nSPS) is 14.2. The smallest absolute Gasteiger partial charge is 0.169 e. The third-order valence-corrected chi connectivity index (χ3v) is 6.72. The number of nitrogen functional groups attached to an aromatic ring is 1. The van der Waals surface area contributed by atoms with Crippen molar-refractivity contribution in [2.45, 2.75) is 31.6 Å². The number of hydrogen-bond donors (Lipinski definition) is 1. The van der Waals surface area contributed by atoms with Gasteiger partial charge in [0.1, 0.15) is 17.6 Å². The number of nitrogens with two attached hydrogens (primary N) is 1. The molecule has 6 nitrogen and oxygen atoms in total. The highest BCUT2D eigenvalue weighted by Gasteiger charge is 2.24. The third-order valence-electron chi connectivity index (χ3n) is 5.98. The van der Waals surface area contributed by atoms with E-state index in [1.165, 1.54) is 24.9 Å². The van der Waals surface area contributed by atoms with Crippen LogP contribution in [0.3, 0.4) is 0 Å². The predicted molar refractivity (Wildman–Crippen MR) is 127 cm³/mol. The molecule has 2 N–H and O–H groups in total. The van der Waals surface area contributed by atoms with Gasteiger partial charge < -0.3 is 15.2 Å². The summed E-state index contributed by atoms with van der Waals surface area (Å²) in [5.74, 6) is 2.66. The third kappa shape index (κ3) is 3.74. The van der Waals surface area contributed by atoms with Crippen LogP contribution in [0.1, 0.15) is 37.3 Å². The molecule has 5 rings (SSSR count). The van der Waals surface area contributed by atoms with Crippen LogP contribution >= 0.6 is 23.2 Å². The molecule has 0 radical (unpaired) electrons. The Morgan fingerprint density at radius 2 is 1.81 bits per heavy atom. The fourth-order valence-corrected chi connectivity index (χ4v) is 4.70. The summed E-state index contributed by atoms with van der Waals surface area (Å²) in [7, 11) is 1.61. The van der Waals surface area contributed by atoms with Gasteiger partial charge in [-0.25, -0.2) is 9.50 Å². The van der Waals surface area contributed by atoms with Gasteiger partial charge in [0.05, 0.1) is 17.2 Å². The zero-order valence-electron chi connectivity index (χ0n) is 17.5. The molecule has 4 aromatic rings. The number of fused-ring (bicyclic) bond motifs is 1. The fraction of sp³-hybridized carbons (Fsp3) is 0.250. The molecule has 0 spiro atoms. The summed E-state index contributed by atoms with van der Waals surface area (Å²) < 4.78 is 13.6. The predicted octanol–water partition coefficient (Wildman–Crippen LogP) is 6.74. The molecule has 0 aliphatic heterocycles. The van der Waals surface area contributed by atoms with Crippen LogP contribution < -0.4 is 15.2 Å². The molecule has 0 atom stereocenters. The lowest BCUT2D eigenvalue weighted by atomic mass is 10.0. The van der Waals surface area contributed by atoms with Gasteiger partial charge in [0.25, 0.3) is 0 Å². The monoisotopic (exact) mass is 468 g/mol. The van der Waals surface area contributed by atoms with Gasteiger partial charge in [0.15, 0.2) is 17.3 Å². The molecule has 2 aromatic carbocycles. The lowest BCUT2D eigenvalue weighted by molar-refractivity contribution is 0.379. The molecule has 0 amide bonds. The number of aromatic nitrogens is 3. The Labute approximate surface area is 195 Å². The van der Waals surface area contributed by atoms with Crippen LogP contribution in [0.2, 0.25) is 10.0 Å². The first-order chi connectivity index (χ1) is 15.5. The highest BCUT2D eigenvalue weighted by molar-refractivity contribution is 6.42. The topological polar surface area (TPSA) is 74.7 Å². The van der Waals surface area contributed by atoms with Crippen molar-refractivity contribution in [3.8, 4) is 28.4 Å². The molecule has 2 aromatic heterocycles. The molecule has 32 heavy (non-hydrogen) atoms. The largest absolute Gasteiger partial charge is 0.493 e. The number of nitrogens with zero attached hydrogens (tertiary/aromatic N) is 3. The van der Waals surface area contributed by atoms with Crippen LogP contribution in [0.4, 0.5) is 5.82 Å². The van der Waals surface area contributed by atoms with Gasteiger partial charge in [-0.1, -0.05) is 42.1 Å². The van der Waals surface area contributed by atoms with Gasteiger partial charge in [-0.15, -0.1) is 0 Å². The molecule has 1 aliphatic rings. The van der Waals surface area contributed by atoms with Crippen molar-refractivity contribution in [1.82, 2.24) is 14.6 Å². The van der Waals surface area contributed by atoms with Gasteiger partial charge >= 0.3 is 0 Å². The van der Waals surface area contributed by atoms with E-state index in [1.54, 1.807) is 25.3 Å². The van der Waals surface area contributed by atoms with Gasteiger partial charge in [-0.05, 0) is 48.7 Å². The average Bonchev–Trinajstić information content (AvgIpc) is 3.45. The number of halogens is 2. The molecule has 164 valence electrons. The lowest BCUT2D eigenvalue weighted by Crippen LogP contribution is -2.04. The van der Waals surface area contributed by atoms with E-state index in [4.69, 9.17) is 38.4 Å². The molecule has 2 heterocycles. The number of ether oxygens (including phenoxy) is 2. The number of rotatable bonds is 5. The second-order valence-electron chi connectivity index (χ2n) is 7.91. The van der Waals surface area contributed by atoms with E-state index in [0.29, 0.717) is 39.0 Å². The number of methoxy groups -OCH3 is 1. The van der Waals surface area contributed by atoms with Crippen LogP contribution in [0.25, 0.3) is 16.6 Å². The van der Waals surface area contributed by atoms with Gasteiger partial charge in [-0.3, -0.25) is 0 Å². The molecule has 1 fully saturated rings. The summed E-state index contributed by atoms with van der Waals surface area (Å²) in [5, 5.41) is 5.41. The van der Waals surface area contributed by atoms with Crippen molar-refractivity contribution >= 4 is 34.5 Å². The SMILES string of the molecule is COc1cc(-c2cc(C3CCCC3)n3ncnc(N)c23)ccc1Oc1ccc(Cl)c(Cl)c1. The number of benzene rings is 2. The Morgan fingerprint density at radius 3 is 2.56 bits per heavy atom. The van der Waals surface area contributed by atoms with E-state index in [9.17, 15) is 0 Å². The maximum Gasteiger partial charge on any atom is 0.169 e. The second kappa shape index (κ2) is 8.52. The first-order valence-electron chi connectivity index (χ1n) is 10.5. The summed E-state index contributed by atoms with van der Waals surface area (Å²) >= 11 is 12.1. The van der Waals surface area contributed by atoms with E-state index >= 15 is 0 Å². The van der Waals surface area contributed by atoms with E-state index in [-0.39, 0.29) is 0 Å². The first-order valence-corrected chi connectivity index (χ1v) is 11.2. The summed E-state index contributed by atoms with van der Waals surface area (Å²) in [6, 6.07) is 13.1. The van der Waals surface area contributed by atoms with Crippen molar-refractivity contribution in [1.29, 1.82) is 0 Å².